The number of aromatic nitrogens is 1. The van der Waals surface area contributed by atoms with E-state index in [0.29, 0.717) is 12.4 Å². The second kappa shape index (κ2) is 15.6. The zero-order valence-corrected chi connectivity index (χ0v) is 19.4. The summed E-state index contributed by atoms with van der Waals surface area (Å²) in [6.07, 6.45) is 19.4. The fourth-order valence-corrected chi connectivity index (χ4v) is 4.60. The number of anilines is 1. The van der Waals surface area contributed by atoms with Crippen molar-refractivity contribution in [2.24, 2.45) is 5.84 Å². The molecular weight excluding hydrogens is 384 g/mol. The van der Waals surface area contributed by atoms with Crippen LogP contribution in [0.25, 0.3) is 0 Å². The van der Waals surface area contributed by atoms with Crippen LogP contribution in [0.1, 0.15) is 96.8 Å². The maximum Gasteiger partial charge on any atom is 0.244 e. The van der Waals surface area contributed by atoms with E-state index < -0.39 is 10.0 Å². The van der Waals surface area contributed by atoms with Gasteiger partial charge >= 0.3 is 0 Å². The third-order valence-electron chi connectivity index (χ3n) is 5.42. The molecule has 29 heavy (non-hydrogen) atoms. The number of hydrazine groups is 1. The highest BCUT2D eigenvalue weighted by Crippen LogP contribution is 2.16. The lowest BCUT2D eigenvalue weighted by atomic mass is 10.0. The maximum absolute atomic E-state index is 12.5. The van der Waals surface area contributed by atoms with Crippen molar-refractivity contribution in [3.63, 3.8) is 0 Å². The molecule has 1 heterocycles. The molecule has 1 aromatic rings. The molecule has 1 aromatic heterocycles. The predicted octanol–water partition coefficient (Wildman–Crippen LogP) is 5.47. The number of nitrogen functional groups attached to an aromatic ring is 1. The second-order valence-electron chi connectivity index (χ2n) is 7.95. The van der Waals surface area contributed by atoms with E-state index in [1.807, 2.05) is 0 Å². The predicted molar refractivity (Wildman–Crippen MR) is 122 cm³/mol. The Balaban J connectivity index is 2.04. The molecule has 0 atom stereocenters. The summed E-state index contributed by atoms with van der Waals surface area (Å²) in [6, 6.07) is 3.09. The first kappa shape index (κ1) is 25.9. The number of rotatable bonds is 18. The molecule has 1 rings (SSSR count). The van der Waals surface area contributed by atoms with Crippen LogP contribution < -0.4 is 11.3 Å². The molecule has 0 saturated carbocycles. The Morgan fingerprint density at radius 2 is 1.34 bits per heavy atom. The average molecular weight is 427 g/mol. The summed E-state index contributed by atoms with van der Waals surface area (Å²) >= 11 is 0. The van der Waals surface area contributed by atoms with Crippen LogP contribution in [0, 0.1) is 0 Å². The van der Waals surface area contributed by atoms with Crippen molar-refractivity contribution < 1.29 is 8.42 Å². The maximum atomic E-state index is 12.5. The Kier molecular flexibility index (Phi) is 13.9. The summed E-state index contributed by atoms with van der Waals surface area (Å²) in [7, 11) is -1.85. The van der Waals surface area contributed by atoms with Gasteiger partial charge in [-0.3, -0.25) is 0 Å². The largest absolute Gasteiger partial charge is 0.308 e. The zero-order chi connectivity index (χ0) is 21.4. The van der Waals surface area contributed by atoms with Crippen molar-refractivity contribution in [3.8, 4) is 0 Å². The molecule has 168 valence electrons. The first-order chi connectivity index (χ1) is 14.0. The summed E-state index contributed by atoms with van der Waals surface area (Å²) < 4.78 is 26.5. The van der Waals surface area contributed by atoms with E-state index in [1.54, 1.807) is 13.1 Å². The van der Waals surface area contributed by atoms with Crippen LogP contribution in [0.15, 0.2) is 23.2 Å². The molecule has 0 radical (unpaired) electrons. The Morgan fingerprint density at radius 1 is 0.862 bits per heavy atom. The standard InChI is InChI=1S/C22H42N4O2S/c1-3-4-5-6-7-8-9-10-11-12-13-14-15-16-19-26(2)29(27,28)21-17-18-22(25-23)24-20-21/h17-18,20H,3-16,19,23H2,1-2H3,(H,24,25). The SMILES string of the molecule is CCCCCCCCCCCCCCCCN(C)S(=O)(=O)c1ccc(NN)nc1. The number of hydrogen-bond donors (Lipinski definition) is 2. The second-order valence-corrected chi connectivity index (χ2v) is 9.99. The molecule has 0 aliphatic heterocycles. The molecule has 0 bridgehead atoms. The van der Waals surface area contributed by atoms with Gasteiger partial charge in [0, 0.05) is 19.8 Å². The number of nitrogens with two attached hydrogens (primary N) is 1. The van der Waals surface area contributed by atoms with Gasteiger partial charge in [-0.15, -0.1) is 0 Å². The lowest BCUT2D eigenvalue weighted by Gasteiger charge is -2.17. The smallest absolute Gasteiger partial charge is 0.244 e. The van der Waals surface area contributed by atoms with E-state index in [9.17, 15) is 8.42 Å². The summed E-state index contributed by atoms with van der Waals surface area (Å²) in [5, 5.41) is 0. The number of nitrogens with zero attached hydrogens (tertiary/aromatic N) is 2. The zero-order valence-electron chi connectivity index (χ0n) is 18.5. The van der Waals surface area contributed by atoms with Gasteiger partial charge in [0.05, 0.1) is 0 Å². The Bertz CT molecular complexity index is 620. The number of hydrogen-bond acceptors (Lipinski definition) is 5. The lowest BCUT2D eigenvalue weighted by molar-refractivity contribution is 0.447. The minimum atomic E-state index is -3.48. The molecule has 6 nitrogen and oxygen atoms in total. The number of nitrogens with one attached hydrogen (secondary N) is 1. The number of pyridine rings is 1. The molecule has 0 spiro atoms. The Labute approximate surface area is 178 Å². The molecule has 3 N–H and O–H groups in total. The molecule has 0 aliphatic rings. The van der Waals surface area contributed by atoms with Gasteiger partial charge in [-0.05, 0) is 18.6 Å². The van der Waals surface area contributed by atoms with Gasteiger partial charge in [0.25, 0.3) is 0 Å². The molecule has 0 aromatic carbocycles. The summed E-state index contributed by atoms with van der Waals surface area (Å²) in [5.74, 6) is 5.71. The van der Waals surface area contributed by atoms with Crippen LogP contribution in [0.2, 0.25) is 0 Å². The summed E-state index contributed by atoms with van der Waals surface area (Å²) in [4.78, 5) is 4.18. The highest BCUT2D eigenvalue weighted by atomic mass is 32.2. The third kappa shape index (κ3) is 11.0. The lowest BCUT2D eigenvalue weighted by Crippen LogP contribution is -2.28. The highest BCUT2D eigenvalue weighted by Gasteiger charge is 2.20. The van der Waals surface area contributed by atoms with E-state index >= 15 is 0 Å². The highest BCUT2D eigenvalue weighted by molar-refractivity contribution is 7.89. The Hall–Kier alpha value is -1.18. The molecular formula is C22H42N4O2S. The van der Waals surface area contributed by atoms with Gasteiger partial charge in [0.1, 0.15) is 10.7 Å². The quantitative estimate of drug-likeness (QED) is 0.185. The normalized spacial score (nSPS) is 11.9. The van der Waals surface area contributed by atoms with Crippen LogP contribution in [-0.4, -0.2) is 31.3 Å². The van der Waals surface area contributed by atoms with E-state index in [1.165, 1.54) is 93.6 Å². The van der Waals surface area contributed by atoms with Gasteiger partial charge in [0.2, 0.25) is 10.0 Å². The first-order valence-corrected chi connectivity index (χ1v) is 12.9. The third-order valence-corrected chi connectivity index (χ3v) is 7.26. The van der Waals surface area contributed by atoms with Crippen molar-refractivity contribution in [1.82, 2.24) is 9.29 Å². The van der Waals surface area contributed by atoms with E-state index in [4.69, 9.17) is 5.84 Å². The molecule has 7 heteroatoms. The topological polar surface area (TPSA) is 88.3 Å². The van der Waals surface area contributed by atoms with Crippen LogP contribution in [0.5, 0.6) is 0 Å². The van der Waals surface area contributed by atoms with Crippen molar-refractivity contribution in [2.75, 3.05) is 19.0 Å². The van der Waals surface area contributed by atoms with Crippen LogP contribution in [0.4, 0.5) is 5.82 Å². The van der Waals surface area contributed by atoms with E-state index in [2.05, 4.69) is 17.3 Å². The van der Waals surface area contributed by atoms with Gasteiger partial charge < -0.3 is 5.43 Å². The molecule has 0 unspecified atom stereocenters. The van der Waals surface area contributed by atoms with E-state index in [-0.39, 0.29) is 4.90 Å². The van der Waals surface area contributed by atoms with Crippen LogP contribution in [0.3, 0.4) is 0 Å². The molecule has 0 amide bonds. The molecule has 0 fully saturated rings. The van der Waals surface area contributed by atoms with E-state index in [0.717, 1.165) is 12.8 Å². The fourth-order valence-electron chi connectivity index (χ4n) is 3.45. The summed E-state index contributed by atoms with van der Waals surface area (Å²) in [6.45, 7) is 2.80. The molecule has 0 aliphatic carbocycles. The van der Waals surface area contributed by atoms with Gasteiger partial charge in [-0.1, -0.05) is 90.4 Å². The number of sulfonamides is 1. The van der Waals surface area contributed by atoms with Crippen LogP contribution in [-0.2, 0) is 10.0 Å². The molecule has 0 saturated heterocycles. The van der Waals surface area contributed by atoms with Gasteiger partial charge in [0.15, 0.2) is 0 Å². The van der Waals surface area contributed by atoms with Gasteiger partial charge in [-0.2, -0.15) is 0 Å². The van der Waals surface area contributed by atoms with Crippen molar-refractivity contribution in [1.29, 1.82) is 0 Å². The minimum Gasteiger partial charge on any atom is -0.308 e. The summed E-state index contributed by atoms with van der Waals surface area (Å²) in [5.41, 5.74) is 2.40. The first-order valence-electron chi connectivity index (χ1n) is 11.4. The fraction of sp³-hybridized carbons (Fsp3) is 0.773. The van der Waals surface area contributed by atoms with Crippen molar-refractivity contribution in [2.45, 2.75) is 102 Å². The Morgan fingerprint density at radius 3 is 1.76 bits per heavy atom. The van der Waals surface area contributed by atoms with Gasteiger partial charge in [-0.25, -0.2) is 23.5 Å². The average Bonchev–Trinajstić information content (AvgIpc) is 2.73. The van der Waals surface area contributed by atoms with Crippen molar-refractivity contribution >= 4 is 15.8 Å². The van der Waals surface area contributed by atoms with Crippen molar-refractivity contribution in [3.05, 3.63) is 18.3 Å². The monoisotopic (exact) mass is 426 g/mol. The number of unbranched alkanes of at least 4 members (excludes halogenated alkanes) is 13. The minimum absolute atomic E-state index is 0.198. The van der Waals surface area contributed by atoms with Crippen LogP contribution >= 0.6 is 0 Å².